The molecule has 20 heavy (non-hydrogen) atoms. The molecule has 0 saturated heterocycles. The Kier molecular flexibility index (Phi) is 5.34. The van der Waals surface area contributed by atoms with E-state index in [0.717, 1.165) is 14.9 Å². The van der Waals surface area contributed by atoms with Crippen LogP contribution in [0.15, 0.2) is 45.6 Å². The largest absolute Gasteiger partial charge is 0.340 e. The van der Waals surface area contributed by atoms with Gasteiger partial charge in [0.1, 0.15) is 0 Å². The van der Waals surface area contributed by atoms with Crippen molar-refractivity contribution in [2.24, 2.45) is 5.73 Å². The summed E-state index contributed by atoms with van der Waals surface area (Å²) in [4.78, 5) is 13.9. The van der Waals surface area contributed by atoms with Crippen molar-refractivity contribution in [3.8, 4) is 0 Å². The molecule has 0 fully saturated rings. The van der Waals surface area contributed by atoms with Crippen LogP contribution in [0.4, 0.5) is 0 Å². The molecule has 0 bridgehead atoms. The zero-order valence-electron chi connectivity index (χ0n) is 11.3. The topological polar surface area (TPSA) is 46.3 Å². The Morgan fingerprint density at radius 3 is 2.65 bits per heavy atom. The minimum Gasteiger partial charge on any atom is -0.340 e. The highest BCUT2D eigenvalue weighted by Crippen LogP contribution is 2.21. The molecule has 0 aliphatic rings. The molecular formula is C15H17BrN2OS. The maximum Gasteiger partial charge on any atom is 0.239 e. The van der Waals surface area contributed by atoms with Crippen LogP contribution in [0.1, 0.15) is 11.1 Å². The third-order valence-corrected chi connectivity index (χ3v) is 4.59. The lowest BCUT2D eigenvalue weighted by molar-refractivity contribution is -0.131. The summed E-state index contributed by atoms with van der Waals surface area (Å²) in [5, 5.41) is 2.04. The molecular weight excluding hydrogens is 336 g/mol. The Morgan fingerprint density at radius 2 is 2.05 bits per heavy atom. The highest BCUT2D eigenvalue weighted by Gasteiger charge is 2.18. The maximum absolute atomic E-state index is 12.3. The fourth-order valence-corrected chi connectivity index (χ4v) is 3.22. The number of hydrogen-bond acceptors (Lipinski definition) is 3. The quantitative estimate of drug-likeness (QED) is 0.898. The van der Waals surface area contributed by atoms with E-state index in [9.17, 15) is 4.79 Å². The van der Waals surface area contributed by atoms with Crippen molar-refractivity contribution in [2.45, 2.75) is 19.0 Å². The molecule has 1 aromatic heterocycles. The van der Waals surface area contributed by atoms with E-state index >= 15 is 0 Å². The summed E-state index contributed by atoms with van der Waals surface area (Å²) in [6.07, 6.45) is 0.567. The van der Waals surface area contributed by atoms with Gasteiger partial charge in [0.05, 0.1) is 9.83 Å². The summed E-state index contributed by atoms with van der Waals surface area (Å²) in [7, 11) is 1.79. The Hall–Kier alpha value is -1.17. The SMILES string of the molecule is CN(Cc1csc(Br)c1)C(=O)[C@H](N)Cc1ccccc1. The number of rotatable bonds is 5. The predicted octanol–water partition coefficient (Wildman–Crippen LogP) is 3.04. The van der Waals surface area contributed by atoms with Crippen LogP contribution in [0, 0.1) is 0 Å². The number of amides is 1. The molecule has 0 spiro atoms. The number of carbonyl (C=O) groups excluding carboxylic acids is 1. The fourth-order valence-electron chi connectivity index (χ4n) is 2.02. The molecule has 0 radical (unpaired) electrons. The molecule has 5 heteroatoms. The summed E-state index contributed by atoms with van der Waals surface area (Å²) in [5.41, 5.74) is 8.21. The number of benzene rings is 1. The Balaban J connectivity index is 1.92. The van der Waals surface area contributed by atoms with Gasteiger partial charge in [-0.2, -0.15) is 0 Å². The zero-order valence-corrected chi connectivity index (χ0v) is 13.7. The number of thiophene rings is 1. The average molecular weight is 353 g/mol. The molecule has 0 saturated carbocycles. The summed E-state index contributed by atoms with van der Waals surface area (Å²) in [6.45, 7) is 0.587. The highest BCUT2D eigenvalue weighted by atomic mass is 79.9. The van der Waals surface area contributed by atoms with Crippen LogP contribution in [-0.2, 0) is 17.8 Å². The normalized spacial score (nSPS) is 12.2. The Morgan fingerprint density at radius 1 is 1.35 bits per heavy atom. The summed E-state index contributed by atoms with van der Waals surface area (Å²) in [5.74, 6) is -0.0313. The van der Waals surface area contributed by atoms with Gasteiger partial charge in [-0.3, -0.25) is 4.79 Å². The van der Waals surface area contributed by atoms with E-state index in [1.54, 1.807) is 23.3 Å². The number of hydrogen-bond donors (Lipinski definition) is 1. The van der Waals surface area contributed by atoms with Crippen LogP contribution < -0.4 is 5.73 Å². The van der Waals surface area contributed by atoms with E-state index in [1.807, 2.05) is 41.8 Å². The third-order valence-electron chi connectivity index (χ3n) is 3.03. The molecule has 0 unspecified atom stereocenters. The lowest BCUT2D eigenvalue weighted by Crippen LogP contribution is -2.42. The van der Waals surface area contributed by atoms with E-state index in [0.29, 0.717) is 13.0 Å². The molecule has 2 rings (SSSR count). The smallest absolute Gasteiger partial charge is 0.239 e. The molecule has 1 aromatic carbocycles. The summed E-state index contributed by atoms with van der Waals surface area (Å²) >= 11 is 5.04. The first kappa shape index (κ1) is 15.2. The maximum atomic E-state index is 12.3. The number of halogens is 1. The second-order valence-corrected chi connectivity index (χ2v) is 7.04. The molecule has 1 atom stereocenters. The number of nitrogens with zero attached hydrogens (tertiary/aromatic N) is 1. The van der Waals surface area contributed by atoms with Crippen molar-refractivity contribution in [3.63, 3.8) is 0 Å². The van der Waals surface area contributed by atoms with Gasteiger partial charge in [0.25, 0.3) is 0 Å². The first-order valence-corrected chi connectivity index (χ1v) is 8.01. The molecule has 106 valence electrons. The van der Waals surface area contributed by atoms with Crippen LogP contribution >= 0.6 is 27.3 Å². The van der Waals surface area contributed by atoms with E-state index in [2.05, 4.69) is 15.9 Å². The zero-order chi connectivity index (χ0) is 14.5. The van der Waals surface area contributed by atoms with Gasteiger partial charge in [0.2, 0.25) is 5.91 Å². The number of likely N-dealkylation sites (N-methyl/N-ethyl adjacent to an activating group) is 1. The van der Waals surface area contributed by atoms with Gasteiger partial charge in [0, 0.05) is 13.6 Å². The third kappa shape index (κ3) is 4.16. The van der Waals surface area contributed by atoms with Crippen molar-refractivity contribution in [3.05, 3.63) is 56.7 Å². The van der Waals surface area contributed by atoms with Gasteiger partial charge in [0.15, 0.2) is 0 Å². The van der Waals surface area contributed by atoms with Crippen molar-refractivity contribution < 1.29 is 4.79 Å². The Bertz CT molecular complexity index is 570. The molecule has 0 aliphatic carbocycles. The molecule has 2 N–H and O–H groups in total. The van der Waals surface area contributed by atoms with E-state index in [-0.39, 0.29) is 5.91 Å². The molecule has 3 nitrogen and oxygen atoms in total. The fraction of sp³-hybridized carbons (Fsp3) is 0.267. The summed E-state index contributed by atoms with van der Waals surface area (Å²) in [6, 6.07) is 11.4. The molecule has 0 aliphatic heterocycles. The minimum absolute atomic E-state index is 0.0313. The monoisotopic (exact) mass is 352 g/mol. The van der Waals surface area contributed by atoms with Crippen molar-refractivity contribution >= 4 is 33.2 Å². The second kappa shape index (κ2) is 7.02. The van der Waals surface area contributed by atoms with Gasteiger partial charge in [-0.1, -0.05) is 30.3 Å². The predicted molar refractivity (Wildman–Crippen MR) is 86.6 cm³/mol. The van der Waals surface area contributed by atoms with Crippen LogP contribution in [0.2, 0.25) is 0 Å². The first-order valence-electron chi connectivity index (χ1n) is 6.33. The molecule has 1 amide bonds. The standard InChI is InChI=1S/C15H17BrN2OS/c1-18(9-12-8-14(16)20-10-12)15(19)13(17)7-11-5-3-2-4-6-11/h2-6,8,10,13H,7,9,17H2,1H3/t13-/m1/s1. The lowest BCUT2D eigenvalue weighted by Gasteiger charge is -2.21. The highest BCUT2D eigenvalue weighted by molar-refractivity contribution is 9.11. The first-order chi connectivity index (χ1) is 9.56. The minimum atomic E-state index is -0.496. The van der Waals surface area contributed by atoms with E-state index in [1.165, 1.54) is 0 Å². The number of carbonyl (C=O) groups is 1. The van der Waals surface area contributed by atoms with Gasteiger partial charge in [-0.05, 0) is 44.9 Å². The second-order valence-electron chi connectivity index (χ2n) is 4.75. The van der Waals surface area contributed by atoms with Crippen LogP contribution in [0.3, 0.4) is 0 Å². The van der Waals surface area contributed by atoms with Crippen LogP contribution in [0.5, 0.6) is 0 Å². The number of nitrogens with two attached hydrogens (primary N) is 1. The van der Waals surface area contributed by atoms with Crippen molar-refractivity contribution in [2.75, 3.05) is 7.05 Å². The Labute approximate surface area is 131 Å². The van der Waals surface area contributed by atoms with Crippen molar-refractivity contribution in [1.29, 1.82) is 0 Å². The van der Waals surface area contributed by atoms with Gasteiger partial charge in [-0.15, -0.1) is 11.3 Å². The lowest BCUT2D eigenvalue weighted by atomic mass is 10.1. The summed E-state index contributed by atoms with van der Waals surface area (Å²) < 4.78 is 1.07. The van der Waals surface area contributed by atoms with Gasteiger partial charge < -0.3 is 10.6 Å². The molecule has 2 aromatic rings. The van der Waals surface area contributed by atoms with Crippen molar-refractivity contribution in [1.82, 2.24) is 4.90 Å². The van der Waals surface area contributed by atoms with Crippen LogP contribution in [-0.4, -0.2) is 23.9 Å². The van der Waals surface area contributed by atoms with Crippen LogP contribution in [0.25, 0.3) is 0 Å². The molecule has 1 heterocycles. The van der Waals surface area contributed by atoms with E-state index < -0.39 is 6.04 Å². The van der Waals surface area contributed by atoms with Gasteiger partial charge in [-0.25, -0.2) is 0 Å². The van der Waals surface area contributed by atoms with E-state index in [4.69, 9.17) is 5.73 Å². The average Bonchev–Trinajstić information content (AvgIpc) is 2.84. The van der Waals surface area contributed by atoms with Gasteiger partial charge >= 0.3 is 0 Å².